The van der Waals surface area contributed by atoms with E-state index in [0.717, 1.165) is 52.2 Å². The minimum atomic E-state index is 0.443. The zero-order chi connectivity index (χ0) is 14.9. The number of ether oxygens (including phenoxy) is 2. The SMILES string of the molecule is CCOC1CCN(c2ccccc2CNCCOC)CC1. The average Bonchev–Trinajstić information content (AvgIpc) is 2.53. The molecule has 0 radical (unpaired) electrons. The lowest BCUT2D eigenvalue weighted by molar-refractivity contribution is 0.0459. The molecule has 118 valence electrons. The Morgan fingerprint density at radius 3 is 2.71 bits per heavy atom. The van der Waals surface area contributed by atoms with Crippen molar-refractivity contribution < 1.29 is 9.47 Å². The number of hydrogen-bond donors (Lipinski definition) is 1. The fraction of sp³-hybridized carbons (Fsp3) is 0.647. The number of para-hydroxylation sites is 1. The number of benzene rings is 1. The van der Waals surface area contributed by atoms with Crippen LogP contribution in [-0.4, -0.2) is 46.1 Å². The molecule has 1 N–H and O–H groups in total. The van der Waals surface area contributed by atoms with Gasteiger partial charge in [0, 0.05) is 45.6 Å². The van der Waals surface area contributed by atoms with Crippen molar-refractivity contribution in [2.24, 2.45) is 0 Å². The van der Waals surface area contributed by atoms with E-state index in [1.807, 2.05) is 0 Å². The molecule has 0 bridgehead atoms. The number of nitrogens with zero attached hydrogens (tertiary/aromatic N) is 1. The normalized spacial score (nSPS) is 16.4. The van der Waals surface area contributed by atoms with Crippen LogP contribution < -0.4 is 10.2 Å². The Labute approximate surface area is 128 Å². The summed E-state index contributed by atoms with van der Waals surface area (Å²) in [5.74, 6) is 0. The Morgan fingerprint density at radius 2 is 2.00 bits per heavy atom. The molecule has 0 unspecified atom stereocenters. The van der Waals surface area contributed by atoms with E-state index < -0.39 is 0 Å². The molecule has 1 saturated heterocycles. The molecule has 21 heavy (non-hydrogen) atoms. The lowest BCUT2D eigenvalue weighted by Crippen LogP contribution is -2.37. The first-order valence-electron chi connectivity index (χ1n) is 7.99. The van der Waals surface area contributed by atoms with Crippen molar-refractivity contribution >= 4 is 5.69 Å². The molecule has 0 saturated carbocycles. The molecule has 4 nitrogen and oxygen atoms in total. The fourth-order valence-corrected chi connectivity index (χ4v) is 2.87. The highest BCUT2D eigenvalue weighted by atomic mass is 16.5. The smallest absolute Gasteiger partial charge is 0.0608 e. The molecular formula is C17H28N2O2. The summed E-state index contributed by atoms with van der Waals surface area (Å²) in [5, 5.41) is 3.43. The van der Waals surface area contributed by atoms with Crippen molar-refractivity contribution in [3.8, 4) is 0 Å². The summed E-state index contributed by atoms with van der Waals surface area (Å²) in [7, 11) is 1.73. The second-order valence-corrected chi connectivity index (χ2v) is 5.44. The Morgan fingerprint density at radius 1 is 1.24 bits per heavy atom. The van der Waals surface area contributed by atoms with Gasteiger partial charge in [-0.15, -0.1) is 0 Å². The molecule has 1 aromatic rings. The van der Waals surface area contributed by atoms with Gasteiger partial charge in [-0.2, -0.15) is 0 Å². The minimum Gasteiger partial charge on any atom is -0.383 e. The van der Waals surface area contributed by atoms with Crippen LogP contribution in [0.15, 0.2) is 24.3 Å². The number of piperidine rings is 1. The van der Waals surface area contributed by atoms with Gasteiger partial charge >= 0.3 is 0 Å². The second-order valence-electron chi connectivity index (χ2n) is 5.44. The van der Waals surface area contributed by atoms with E-state index >= 15 is 0 Å². The Balaban J connectivity index is 1.90. The molecular weight excluding hydrogens is 264 g/mol. The number of rotatable bonds is 8. The van der Waals surface area contributed by atoms with E-state index in [0.29, 0.717) is 6.10 Å². The summed E-state index contributed by atoms with van der Waals surface area (Å²) in [6.45, 7) is 7.60. The van der Waals surface area contributed by atoms with E-state index in [1.54, 1.807) is 7.11 Å². The summed E-state index contributed by atoms with van der Waals surface area (Å²) in [6, 6.07) is 8.69. The van der Waals surface area contributed by atoms with Crippen LogP contribution in [-0.2, 0) is 16.0 Å². The van der Waals surface area contributed by atoms with Crippen molar-refractivity contribution in [3.05, 3.63) is 29.8 Å². The lowest BCUT2D eigenvalue weighted by atomic mass is 10.0. The monoisotopic (exact) mass is 292 g/mol. The number of nitrogens with one attached hydrogen (secondary N) is 1. The van der Waals surface area contributed by atoms with Crippen molar-refractivity contribution in [2.75, 3.05) is 44.9 Å². The highest BCUT2D eigenvalue weighted by molar-refractivity contribution is 5.54. The van der Waals surface area contributed by atoms with Crippen LogP contribution in [0.2, 0.25) is 0 Å². The molecule has 4 heteroatoms. The van der Waals surface area contributed by atoms with Crippen LogP contribution >= 0.6 is 0 Å². The number of methoxy groups -OCH3 is 1. The van der Waals surface area contributed by atoms with E-state index in [-0.39, 0.29) is 0 Å². The largest absolute Gasteiger partial charge is 0.383 e. The van der Waals surface area contributed by atoms with Gasteiger partial charge in [0.2, 0.25) is 0 Å². The third-order valence-electron chi connectivity index (χ3n) is 3.98. The molecule has 1 aliphatic heterocycles. The summed E-state index contributed by atoms with van der Waals surface area (Å²) < 4.78 is 10.8. The molecule has 0 spiro atoms. The van der Waals surface area contributed by atoms with E-state index in [4.69, 9.17) is 9.47 Å². The van der Waals surface area contributed by atoms with Gasteiger partial charge in [-0.1, -0.05) is 18.2 Å². The molecule has 1 aliphatic rings. The van der Waals surface area contributed by atoms with E-state index in [9.17, 15) is 0 Å². The van der Waals surface area contributed by atoms with Crippen LogP contribution in [0.3, 0.4) is 0 Å². The van der Waals surface area contributed by atoms with Crippen LogP contribution in [0.5, 0.6) is 0 Å². The van der Waals surface area contributed by atoms with Gasteiger partial charge < -0.3 is 19.7 Å². The van der Waals surface area contributed by atoms with Crippen molar-refractivity contribution in [1.29, 1.82) is 0 Å². The molecule has 0 amide bonds. The fourth-order valence-electron chi connectivity index (χ4n) is 2.87. The van der Waals surface area contributed by atoms with Crippen LogP contribution in [0, 0.1) is 0 Å². The third-order valence-corrected chi connectivity index (χ3v) is 3.98. The summed E-state index contributed by atoms with van der Waals surface area (Å²) in [6.07, 6.45) is 2.69. The molecule has 0 aliphatic carbocycles. The lowest BCUT2D eigenvalue weighted by Gasteiger charge is -2.34. The first-order valence-corrected chi connectivity index (χ1v) is 7.99. The number of anilines is 1. The van der Waals surface area contributed by atoms with Gasteiger partial charge in [0.15, 0.2) is 0 Å². The van der Waals surface area contributed by atoms with Gasteiger partial charge in [0.1, 0.15) is 0 Å². The molecule has 0 atom stereocenters. The highest BCUT2D eigenvalue weighted by Crippen LogP contribution is 2.25. The first kappa shape index (κ1) is 16.3. The van der Waals surface area contributed by atoms with Gasteiger partial charge in [-0.05, 0) is 31.4 Å². The molecule has 1 aromatic carbocycles. The van der Waals surface area contributed by atoms with E-state index in [2.05, 4.69) is 41.4 Å². The maximum Gasteiger partial charge on any atom is 0.0608 e. The van der Waals surface area contributed by atoms with Crippen molar-refractivity contribution in [3.63, 3.8) is 0 Å². The van der Waals surface area contributed by atoms with Crippen LogP contribution in [0.4, 0.5) is 5.69 Å². The molecule has 1 fully saturated rings. The summed E-state index contributed by atoms with van der Waals surface area (Å²) in [5.41, 5.74) is 2.72. The van der Waals surface area contributed by atoms with Gasteiger partial charge in [0.25, 0.3) is 0 Å². The zero-order valence-electron chi connectivity index (χ0n) is 13.3. The zero-order valence-corrected chi connectivity index (χ0v) is 13.3. The summed E-state index contributed by atoms with van der Waals surface area (Å²) in [4.78, 5) is 2.49. The van der Waals surface area contributed by atoms with Crippen molar-refractivity contribution in [2.45, 2.75) is 32.4 Å². The Bertz CT molecular complexity index is 404. The maximum atomic E-state index is 5.74. The van der Waals surface area contributed by atoms with E-state index in [1.165, 1.54) is 11.3 Å². The van der Waals surface area contributed by atoms with Gasteiger partial charge in [0.05, 0.1) is 12.7 Å². The average molecular weight is 292 g/mol. The van der Waals surface area contributed by atoms with Gasteiger partial charge in [-0.3, -0.25) is 0 Å². The Hall–Kier alpha value is -1.10. The topological polar surface area (TPSA) is 33.7 Å². The first-order chi connectivity index (χ1) is 10.3. The number of hydrogen-bond acceptors (Lipinski definition) is 4. The predicted molar refractivity (Wildman–Crippen MR) is 86.9 cm³/mol. The quantitative estimate of drug-likeness (QED) is 0.746. The van der Waals surface area contributed by atoms with Crippen LogP contribution in [0.25, 0.3) is 0 Å². The maximum absolute atomic E-state index is 5.74. The third kappa shape index (κ3) is 4.99. The Kier molecular flexibility index (Phi) is 7.00. The van der Waals surface area contributed by atoms with Crippen molar-refractivity contribution in [1.82, 2.24) is 5.32 Å². The molecule has 0 aromatic heterocycles. The van der Waals surface area contributed by atoms with Crippen LogP contribution in [0.1, 0.15) is 25.3 Å². The molecule has 2 rings (SSSR count). The highest BCUT2D eigenvalue weighted by Gasteiger charge is 2.20. The summed E-state index contributed by atoms with van der Waals surface area (Å²) >= 11 is 0. The minimum absolute atomic E-state index is 0.443. The predicted octanol–water partition coefficient (Wildman–Crippen LogP) is 2.43. The molecule has 1 heterocycles. The standard InChI is InChI=1S/C17H28N2O2/c1-3-21-16-8-11-19(12-9-16)17-7-5-4-6-15(17)14-18-10-13-20-2/h4-7,16,18H,3,8-14H2,1-2H3. The van der Waals surface area contributed by atoms with Gasteiger partial charge in [-0.25, -0.2) is 0 Å². The second kappa shape index (κ2) is 9.03.